The molecule has 132 valence electrons. The first-order chi connectivity index (χ1) is 12.5. The van der Waals surface area contributed by atoms with Gasteiger partial charge >= 0.3 is 0 Å². The van der Waals surface area contributed by atoms with Crippen LogP contribution in [0, 0.1) is 25.2 Å². The monoisotopic (exact) mass is 350 g/mol. The highest BCUT2D eigenvalue weighted by Gasteiger charge is 2.20. The molecule has 6 heteroatoms. The van der Waals surface area contributed by atoms with Crippen molar-refractivity contribution in [2.24, 2.45) is 0 Å². The van der Waals surface area contributed by atoms with Gasteiger partial charge in [-0.2, -0.15) is 5.26 Å². The van der Waals surface area contributed by atoms with E-state index in [4.69, 9.17) is 14.2 Å². The average molecular weight is 350 g/mol. The Hall–Kier alpha value is -3.46. The van der Waals surface area contributed by atoms with Crippen LogP contribution in [-0.4, -0.2) is 19.8 Å². The number of amides is 1. The van der Waals surface area contributed by atoms with E-state index in [9.17, 15) is 10.1 Å². The Kier molecular flexibility index (Phi) is 4.81. The quantitative estimate of drug-likeness (QED) is 0.673. The number of benzene rings is 2. The summed E-state index contributed by atoms with van der Waals surface area (Å²) in [6.07, 6.45) is 1.49. The lowest BCUT2D eigenvalue weighted by Gasteiger charge is -2.09. The molecule has 1 aliphatic rings. The van der Waals surface area contributed by atoms with Crippen molar-refractivity contribution in [1.29, 1.82) is 5.26 Å². The molecule has 0 atom stereocenters. The van der Waals surface area contributed by atoms with Gasteiger partial charge in [0.2, 0.25) is 12.5 Å². The topological polar surface area (TPSA) is 80.6 Å². The molecule has 3 rings (SSSR count). The number of carbonyl (C=O) groups excluding carboxylic acids is 1. The van der Waals surface area contributed by atoms with Crippen LogP contribution in [0.4, 0.5) is 5.69 Å². The van der Waals surface area contributed by atoms with E-state index in [2.05, 4.69) is 5.32 Å². The molecule has 0 fully saturated rings. The van der Waals surface area contributed by atoms with Gasteiger partial charge in [-0.05, 0) is 49.2 Å². The van der Waals surface area contributed by atoms with Crippen molar-refractivity contribution in [2.45, 2.75) is 13.8 Å². The third-order valence-electron chi connectivity index (χ3n) is 3.99. The lowest BCUT2D eigenvalue weighted by Crippen LogP contribution is -2.14. The number of hydrogen-bond donors (Lipinski definition) is 1. The minimum atomic E-state index is -0.476. The van der Waals surface area contributed by atoms with E-state index in [1.54, 1.807) is 12.1 Å². The molecule has 0 unspecified atom stereocenters. The molecule has 2 aromatic carbocycles. The maximum atomic E-state index is 12.5. The number of nitriles is 1. The molecule has 0 radical (unpaired) electrons. The Bertz CT molecular complexity index is 942. The van der Waals surface area contributed by atoms with Crippen LogP contribution in [-0.2, 0) is 4.79 Å². The van der Waals surface area contributed by atoms with E-state index in [1.165, 1.54) is 13.2 Å². The fourth-order valence-electron chi connectivity index (χ4n) is 2.69. The first-order valence-corrected chi connectivity index (χ1v) is 8.00. The van der Waals surface area contributed by atoms with Gasteiger partial charge in [0.05, 0.1) is 7.11 Å². The van der Waals surface area contributed by atoms with Gasteiger partial charge in [0, 0.05) is 5.69 Å². The summed E-state index contributed by atoms with van der Waals surface area (Å²) in [4.78, 5) is 12.5. The van der Waals surface area contributed by atoms with Gasteiger partial charge in [0.1, 0.15) is 11.6 Å². The zero-order valence-electron chi connectivity index (χ0n) is 14.8. The van der Waals surface area contributed by atoms with Crippen molar-refractivity contribution < 1.29 is 19.0 Å². The zero-order chi connectivity index (χ0) is 18.7. The van der Waals surface area contributed by atoms with Gasteiger partial charge in [-0.1, -0.05) is 17.7 Å². The predicted octanol–water partition coefficient (Wildman–Crippen LogP) is 3.59. The van der Waals surface area contributed by atoms with Crippen LogP contribution in [0.15, 0.2) is 35.9 Å². The summed E-state index contributed by atoms with van der Waals surface area (Å²) in [5.41, 5.74) is 3.29. The van der Waals surface area contributed by atoms with Crippen LogP contribution >= 0.6 is 0 Å². The molecular formula is C20H18N2O4. The summed E-state index contributed by atoms with van der Waals surface area (Å²) in [5.74, 6) is 1.04. The second-order valence-electron chi connectivity index (χ2n) is 5.90. The van der Waals surface area contributed by atoms with Crippen molar-refractivity contribution in [3.8, 4) is 23.3 Å². The molecule has 0 spiro atoms. The number of fused-ring (bicyclic) bond motifs is 1. The van der Waals surface area contributed by atoms with E-state index in [0.29, 0.717) is 28.5 Å². The molecule has 1 amide bonds. The first kappa shape index (κ1) is 17.4. The largest absolute Gasteiger partial charge is 0.493 e. The van der Waals surface area contributed by atoms with Gasteiger partial charge in [-0.15, -0.1) is 0 Å². The number of nitrogens with zero attached hydrogens (tertiary/aromatic N) is 1. The summed E-state index contributed by atoms with van der Waals surface area (Å²) >= 11 is 0. The maximum absolute atomic E-state index is 12.5. The van der Waals surface area contributed by atoms with Crippen LogP contribution in [0.25, 0.3) is 6.08 Å². The van der Waals surface area contributed by atoms with E-state index in [1.807, 2.05) is 38.1 Å². The van der Waals surface area contributed by atoms with E-state index >= 15 is 0 Å². The number of hydrogen-bond acceptors (Lipinski definition) is 5. The molecule has 1 aliphatic heterocycles. The van der Waals surface area contributed by atoms with E-state index in [-0.39, 0.29) is 12.4 Å². The first-order valence-electron chi connectivity index (χ1n) is 8.00. The fraction of sp³-hybridized carbons (Fsp3) is 0.200. The normalized spacial score (nSPS) is 12.5. The van der Waals surface area contributed by atoms with Crippen LogP contribution in [0.1, 0.15) is 16.7 Å². The summed E-state index contributed by atoms with van der Waals surface area (Å²) in [7, 11) is 1.52. The Morgan fingerprint density at radius 3 is 2.77 bits per heavy atom. The SMILES string of the molecule is COc1cc(/C=C(\C#N)C(=O)Nc2ccc(C)cc2C)cc2c1OCO2. The number of anilines is 1. The van der Waals surface area contributed by atoms with Crippen molar-refractivity contribution in [3.05, 3.63) is 52.6 Å². The van der Waals surface area contributed by atoms with E-state index < -0.39 is 5.91 Å². The number of ether oxygens (including phenoxy) is 3. The molecule has 2 aromatic rings. The summed E-state index contributed by atoms with van der Waals surface area (Å²) in [6.45, 7) is 3.99. The molecule has 0 aliphatic carbocycles. The number of methoxy groups -OCH3 is 1. The highest BCUT2D eigenvalue weighted by Crippen LogP contribution is 2.42. The molecular weight excluding hydrogens is 332 g/mol. The number of aryl methyl sites for hydroxylation is 2. The summed E-state index contributed by atoms with van der Waals surface area (Å²) in [6, 6.07) is 11.0. The second-order valence-corrected chi connectivity index (χ2v) is 5.90. The van der Waals surface area contributed by atoms with Gasteiger partial charge in [-0.3, -0.25) is 4.79 Å². The molecule has 0 aromatic heterocycles. The van der Waals surface area contributed by atoms with Crippen LogP contribution in [0.3, 0.4) is 0 Å². The Balaban J connectivity index is 1.89. The van der Waals surface area contributed by atoms with Crippen molar-refractivity contribution >= 4 is 17.7 Å². The second kappa shape index (κ2) is 7.19. The lowest BCUT2D eigenvalue weighted by molar-refractivity contribution is -0.112. The standard InChI is InChI=1S/C20H18N2O4/c1-12-4-5-16(13(2)6-12)22-20(23)15(10-21)7-14-8-17(24-3)19-18(9-14)25-11-26-19/h4-9H,11H2,1-3H3,(H,22,23)/b15-7+. The predicted molar refractivity (Wildman–Crippen MR) is 97.3 cm³/mol. The Labute approximate surface area is 151 Å². The van der Waals surface area contributed by atoms with E-state index in [0.717, 1.165) is 11.1 Å². The molecule has 0 bridgehead atoms. The fourth-order valence-corrected chi connectivity index (χ4v) is 2.69. The maximum Gasteiger partial charge on any atom is 0.266 e. The van der Waals surface area contributed by atoms with Gasteiger partial charge in [0.15, 0.2) is 11.5 Å². The Morgan fingerprint density at radius 2 is 2.08 bits per heavy atom. The lowest BCUT2D eigenvalue weighted by atomic mass is 10.1. The minimum absolute atomic E-state index is 0.0223. The molecule has 0 saturated carbocycles. The van der Waals surface area contributed by atoms with Crippen molar-refractivity contribution in [2.75, 3.05) is 19.2 Å². The van der Waals surface area contributed by atoms with Gasteiger partial charge in [0.25, 0.3) is 5.91 Å². The zero-order valence-corrected chi connectivity index (χ0v) is 14.8. The van der Waals surface area contributed by atoms with Crippen molar-refractivity contribution in [1.82, 2.24) is 0 Å². The number of rotatable bonds is 4. The molecule has 1 heterocycles. The van der Waals surface area contributed by atoms with Crippen LogP contribution in [0.5, 0.6) is 17.2 Å². The van der Waals surface area contributed by atoms with Gasteiger partial charge < -0.3 is 19.5 Å². The third-order valence-corrected chi connectivity index (χ3v) is 3.99. The van der Waals surface area contributed by atoms with Crippen molar-refractivity contribution in [3.63, 3.8) is 0 Å². The highest BCUT2D eigenvalue weighted by molar-refractivity contribution is 6.10. The summed E-state index contributed by atoms with van der Waals surface area (Å²) < 4.78 is 16.0. The average Bonchev–Trinajstić information content (AvgIpc) is 3.09. The Morgan fingerprint density at radius 1 is 1.27 bits per heavy atom. The summed E-state index contributed by atoms with van der Waals surface area (Å²) in [5, 5.41) is 12.2. The van der Waals surface area contributed by atoms with Crippen LogP contribution < -0.4 is 19.5 Å². The number of carbonyl (C=O) groups is 1. The molecule has 0 saturated heterocycles. The molecule has 26 heavy (non-hydrogen) atoms. The molecule has 1 N–H and O–H groups in total. The highest BCUT2D eigenvalue weighted by atomic mass is 16.7. The van der Waals surface area contributed by atoms with Crippen LogP contribution in [0.2, 0.25) is 0 Å². The minimum Gasteiger partial charge on any atom is -0.493 e. The number of nitrogens with one attached hydrogen (secondary N) is 1. The third kappa shape index (κ3) is 3.47. The molecule has 6 nitrogen and oxygen atoms in total. The smallest absolute Gasteiger partial charge is 0.266 e. The van der Waals surface area contributed by atoms with Gasteiger partial charge in [-0.25, -0.2) is 0 Å².